The third-order valence-corrected chi connectivity index (χ3v) is 4.31. The molecule has 1 unspecified atom stereocenters. The van der Waals surface area contributed by atoms with Crippen molar-refractivity contribution in [3.05, 3.63) is 0 Å². The fraction of sp³-hybridized carbons (Fsp3) is 0.857. The molecule has 6 nitrogen and oxygen atoms in total. The number of hydrogen-bond acceptors (Lipinski definition) is 4. The summed E-state index contributed by atoms with van der Waals surface area (Å²) < 4.78 is 0. The van der Waals surface area contributed by atoms with E-state index in [1.807, 2.05) is 13.8 Å². The van der Waals surface area contributed by atoms with Crippen LogP contribution >= 0.6 is 0 Å². The molecular formula is C14H26N2O4. The molecule has 0 aromatic carbocycles. The lowest BCUT2D eigenvalue weighted by atomic mass is 9.94. The topological polar surface area (TPSA) is 89.9 Å². The number of aliphatic hydroxyl groups excluding tert-OH is 1. The number of carboxylic acid groups (broad SMARTS) is 1. The van der Waals surface area contributed by atoms with E-state index in [0.717, 1.165) is 6.42 Å². The predicted molar refractivity (Wildman–Crippen MR) is 75.3 cm³/mol. The Morgan fingerprint density at radius 2 is 1.95 bits per heavy atom. The quantitative estimate of drug-likeness (QED) is 0.632. The van der Waals surface area contributed by atoms with E-state index in [9.17, 15) is 9.59 Å². The molecule has 1 amide bonds. The van der Waals surface area contributed by atoms with Gasteiger partial charge < -0.3 is 20.4 Å². The van der Waals surface area contributed by atoms with Crippen LogP contribution in [0.5, 0.6) is 0 Å². The van der Waals surface area contributed by atoms with Crippen molar-refractivity contribution < 1.29 is 19.8 Å². The van der Waals surface area contributed by atoms with Gasteiger partial charge in [0.1, 0.15) is 0 Å². The molecule has 0 aromatic rings. The van der Waals surface area contributed by atoms with Gasteiger partial charge in [0.05, 0.1) is 12.5 Å². The van der Waals surface area contributed by atoms with Crippen LogP contribution in [0.15, 0.2) is 0 Å². The molecule has 0 bridgehead atoms. The normalized spacial score (nSPS) is 19.6. The molecule has 1 heterocycles. The van der Waals surface area contributed by atoms with Crippen molar-refractivity contribution in [1.29, 1.82) is 0 Å². The number of nitrogens with zero attached hydrogens (tertiary/aromatic N) is 1. The molecule has 1 atom stereocenters. The summed E-state index contributed by atoms with van der Waals surface area (Å²) in [5.41, 5.74) is -0.232. The van der Waals surface area contributed by atoms with Gasteiger partial charge in [-0.15, -0.1) is 0 Å². The number of carbonyl (C=O) groups is 2. The number of amides is 1. The van der Waals surface area contributed by atoms with E-state index in [1.165, 1.54) is 0 Å². The number of piperidine rings is 1. The summed E-state index contributed by atoms with van der Waals surface area (Å²) in [7, 11) is 0. The van der Waals surface area contributed by atoms with Crippen LogP contribution in [-0.4, -0.2) is 58.8 Å². The minimum Gasteiger partial charge on any atom is -0.481 e. The molecule has 20 heavy (non-hydrogen) atoms. The minimum absolute atomic E-state index is 0.00598. The number of nitrogens with one attached hydrogen (secondary N) is 1. The molecule has 6 heteroatoms. The van der Waals surface area contributed by atoms with E-state index in [-0.39, 0.29) is 30.5 Å². The van der Waals surface area contributed by atoms with Crippen LogP contribution < -0.4 is 5.32 Å². The van der Waals surface area contributed by atoms with Crippen molar-refractivity contribution in [1.82, 2.24) is 10.2 Å². The lowest BCUT2D eigenvalue weighted by Crippen LogP contribution is -2.50. The molecule has 1 rings (SSSR count). The first-order chi connectivity index (χ1) is 9.41. The van der Waals surface area contributed by atoms with Gasteiger partial charge in [-0.3, -0.25) is 9.59 Å². The number of aliphatic carboxylic acids is 1. The highest BCUT2D eigenvalue weighted by atomic mass is 16.4. The number of likely N-dealkylation sites (tertiary alicyclic amines) is 1. The number of rotatable bonds is 7. The molecule has 1 aliphatic rings. The molecule has 1 fully saturated rings. The molecular weight excluding hydrogens is 260 g/mol. The minimum atomic E-state index is -0.767. The third-order valence-electron chi connectivity index (χ3n) is 4.31. The Morgan fingerprint density at radius 3 is 2.40 bits per heavy atom. The molecule has 1 saturated heterocycles. The smallest absolute Gasteiger partial charge is 0.306 e. The lowest BCUT2D eigenvalue weighted by molar-refractivity contribution is -0.145. The van der Waals surface area contributed by atoms with Crippen molar-refractivity contribution in [2.45, 2.75) is 45.1 Å². The van der Waals surface area contributed by atoms with Gasteiger partial charge in [-0.25, -0.2) is 0 Å². The highest BCUT2D eigenvalue weighted by Crippen LogP contribution is 2.18. The number of aliphatic hydroxyl groups is 1. The average Bonchev–Trinajstić information content (AvgIpc) is 2.45. The zero-order valence-electron chi connectivity index (χ0n) is 12.4. The van der Waals surface area contributed by atoms with Crippen molar-refractivity contribution in [3.8, 4) is 0 Å². The molecule has 0 aliphatic carbocycles. The largest absolute Gasteiger partial charge is 0.481 e. The van der Waals surface area contributed by atoms with Gasteiger partial charge >= 0.3 is 5.97 Å². The number of carboxylic acids is 1. The standard InChI is InChI=1S/C14H26N2O4/c1-3-14(2,6-9-17)15-10-12(18)16-7-4-11(5-8-16)13(19)20/h11,15,17H,3-10H2,1-2H3,(H,19,20). The summed E-state index contributed by atoms with van der Waals surface area (Å²) in [5.74, 6) is -1.08. The van der Waals surface area contributed by atoms with Gasteiger partial charge in [0.15, 0.2) is 0 Å². The first kappa shape index (κ1) is 16.9. The Kier molecular flexibility index (Phi) is 6.42. The zero-order chi connectivity index (χ0) is 15.2. The first-order valence-corrected chi connectivity index (χ1v) is 7.28. The third kappa shape index (κ3) is 4.76. The number of hydrogen-bond donors (Lipinski definition) is 3. The highest BCUT2D eigenvalue weighted by molar-refractivity contribution is 5.79. The highest BCUT2D eigenvalue weighted by Gasteiger charge is 2.28. The Hall–Kier alpha value is -1.14. The van der Waals surface area contributed by atoms with Crippen LogP contribution in [-0.2, 0) is 9.59 Å². The first-order valence-electron chi connectivity index (χ1n) is 7.28. The summed E-state index contributed by atoms with van der Waals surface area (Å²) in [6.07, 6.45) is 2.51. The van der Waals surface area contributed by atoms with Crippen molar-refractivity contribution in [3.63, 3.8) is 0 Å². The van der Waals surface area contributed by atoms with Gasteiger partial charge in [-0.2, -0.15) is 0 Å². The molecule has 0 spiro atoms. The monoisotopic (exact) mass is 286 g/mol. The van der Waals surface area contributed by atoms with Gasteiger partial charge in [-0.1, -0.05) is 6.92 Å². The molecule has 3 N–H and O–H groups in total. The second-order valence-electron chi connectivity index (χ2n) is 5.73. The van der Waals surface area contributed by atoms with Crippen LogP contribution in [0.3, 0.4) is 0 Å². The molecule has 116 valence electrons. The average molecular weight is 286 g/mol. The van der Waals surface area contributed by atoms with E-state index in [2.05, 4.69) is 5.32 Å². The van der Waals surface area contributed by atoms with Gasteiger partial charge in [0.2, 0.25) is 5.91 Å². The van der Waals surface area contributed by atoms with E-state index in [0.29, 0.717) is 32.4 Å². The SMILES string of the molecule is CCC(C)(CCO)NCC(=O)N1CCC(C(=O)O)CC1. The summed E-state index contributed by atoms with van der Waals surface area (Å²) in [5, 5.41) is 21.2. The summed E-state index contributed by atoms with van der Waals surface area (Å²) in [6, 6.07) is 0. The second kappa shape index (κ2) is 7.59. The maximum Gasteiger partial charge on any atom is 0.306 e. The Morgan fingerprint density at radius 1 is 1.35 bits per heavy atom. The van der Waals surface area contributed by atoms with E-state index >= 15 is 0 Å². The van der Waals surface area contributed by atoms with Crippen molar-refractivity contribution in [2.75, 3.05) is 26.2 Å². The Labute approximate surface area is 120 Å². The maximum atomic E-state index is 12.1. The molecule has 1 aliphatic heterocycles. The zero-order valence-corrected chi connectivity index (χ0v) is 12.4. The summed E-state index contributed by atoms with van der Waals surface area (Å²) >= 11 is 0. The fourth-order valence-electron chi connectivity index (χ4n) is 2.41. The molecule has 0 aromatic heterocycles. The van der Waals surface area contributed by atoms with Gasteiger partial charge in [-0.05, 0) is 32.6 Å². The Bertz CT molecular complexity index is 340. The van der Waals surface area contributed by atoms with Crippen LogP contribution in [0.4, 0.5) is 0 Å². The van der Waals surface area contributed by atoms with Crippen LogP contribution in [0, 0.1) is 5.92 Å². The molecule has 0 radical (unpaired) electrons. The van der Waals surface area contributed by atoms with Gasteiger partial charge in [0, 0.05) is 25.2 Å². The van der Waals surface area contributed by atoms with Crippen molar-refractivity contribution in [2.24, 2.45) is 5.92 Å². The van der Waals surface area contributed by atoms with E-state index in [1.54, 1.807) is 4.90 Å². The van der Waals surface area contributed by atoms with Gasteiger partial charge in [0.25, 0.3) is 0 Å². The van der Waals surface area contributed by atoms with E-state index < -0.39 is 5.97 Å². The summed E-state index contributed by atoms with van der Waals surface area (Å²) in [6.45, 7) is 5.37. The fourth-order valence-corrected chi connectivity index (χ4v) is 2.41. The second-order valence-corrected chi connectivity index (χ2v) is 5.73. The number of carbonyl (C=O) groups excluding carboxylic acids is 1. The Balaban J connectivity index is 2.39. The predicted octanol–water partition coefficient (Wildman–Crippen LogP) is 0.450. The lowest BCUT2D eigenvalue weighted by Gasteiger charge is -2.33. The van der Waals surface area contributed by atoms with Crippen LogP contribution in [0.1, 0.15) is 39.5 Å². The van der Waals surface area contributed by atoms with Crippen LogP contribution in [0.25, 0.3) is 0 Å². The van der Waals surface area contributed by atoms with E-state index in [4.69, 9.17) is 10.2 Å². The summed E-state index contributed by atoms with van der Waals surface area (Å²) in [4.78, 5) is 24.7. The molecule has 0 saturated carbocycles. The van der Waals surface area contributed by atoms with Crippen LogP contribution in [0.2, 0.25) is 0 Å². The maximum absolute atomic E-state index is 12.1. The van der Waals surface area contributed by atoms with Crippen molar-refractivity contribution >= 4 is 11.9 Å².